The lowest BCUT2D eigenvalue weighted by atomic mass is 9.81. The molecule has 50 heavy (non-hydrogen) atoms. The normalized spacial score (nSPS) is 12.8. The Morgan fingerprint density at radius 1 is 0.360 bits per heavy atom. The van der Waals surface area contributed by atoms with Crippen LogP contribution < -0.4 is 4.90 Å². The minimum absolute atomic E-state index is 0.172. The van der Waals surface area contributed by atoms with Gasteiger partial charge >= 0.3 is 0 Å². The Labute approximate surface area is 294 Å². The van der Waals surface area contributed by atoms with E-state index < -0.39 is 0 Å². The average molecular weight is 640 g/mol. The molecule has 0 bridgehead atoms. The largest absolute Gasteiger partial charge is 0.310 e. The molecule has 1 nitrogen and oxygen atoms in total. The van der Waals surface area contributed by atoms with Gasteiger partial charge in [-0.3, -0.25) is 0 Å². The Bertz CT molecular complexity index is 2520. The maximum atomic E-state index is 2.48. The zero-order valence-electron chi connectivity index (χ0n) is 28.3. The Hall–Kier alpha value is -6.18. The molecule has 0 fully saturated rings. The van der Waals surface area contributed by atoms with Crippen LogP contribution in [0.4, 0.5) is 17.1 Å². The van der Waals surface area contributed by atoms with E-state index in [4.69, 9.17) is 0 Å². The number of hydrogen-bond acceptors (Lipinski definition) is 1. The quantitative estimate of drug-likeness (QED) is 0.175. The number of anilines is 3. The first-order chi connectivity index (χ1) is 24.6. The van der Waals surface area contributed by atoms with Crippen molar-refractivity contribution in [1.82, 2.24) is 0 Å². The van der Waals surface area contributed by atoms with Crippen LogP contribution in [0.15, 0.2) is 188 Å². The lowest BCUT2D eigenvalue weighted by Gasteiger charge is -2.32. The topological polar surface area (TPSA) is 3.24 Å². The fraction of sp³-hybridized carbons (Fsp3) is 0.0612. The minimum Gasteiger partial charge on any atom is -0.310 e. The van der Waals surface area contributed by atoms with Crippen LogP contribution in [-0.4, -0.2) is 0 Å². The van der Waals surface area contributed by atoms with Gasteiger partial charge in [-0.25, -0.2) is 0 Å². The van der Waals surface area contributed by atoms with E-state index in [-0.39, 0.29) is 5.41 Å². The van der Waals surface area contributed by atoms with Gasteiger partial charge in [0, 0.05) is 16.8 Å². The van der Waals surface area contributed by atoms with E-state index in [1.165, 1.54) is 72.1 Å². The Kier molecular flexibility index (Phi) is 7.21. The van der Waals surface area contributed by atoms with Crippen LogP contribution in [0, 0.1) is 0 Å². The summed E-state index contributed by atoms with van der Waals surface area (Å²) < 4.78 is 0. The molecule has 0 atom stereocenters. The molecule has 0 saturated heterocycles. The number of benzene rings is 8. The molecule has 0 heterocycles. The maximum absolute atomic E-state index is 2.48. The molecule has 238 valence electrons. The number of rotatable bonds is 6. The summed E-state index contributed by atoms with van der Waals surface area (Å²) >= 11 is 0. The summed E-state index contributed by atoms with van der Waals surface area (Å²) in [6.07, 6.45) is 0. The van der Waals surface area contributed by atoms with Crippen LogP contribution in [0.5, 0.6) is 0 Å². The van der Waals surface area contributed by atoms with Gasteiger partial charge in [-0.05, 0) is 103 Å². The van der Waals surface area contributed by atoms with Crippen molar-refractivity contribution in [1.29, 1.82) is 0 Å². The number of hydrogen-bond donors (Lipinski definition) is 0. The first-order valence-corrected chi connectivity index (χ1v) is 17.4. The van der Waals surface area contributed by atoms with Gasteiger partial charge in [0.05, 0.1) is 5.69 Å². The molecule has 0 radical (unpaired) electrons. The fourth-order valence-corrected chi connectivity index (χ4v) is 8.04. The SMILES string of the molecule is CC1(C)c2ccccc2-c2cccc(N(c3cccc(-c4ccc5ccccc5c4)c3)c3cccc(-c4ccccc4-c4ccccc4)c3)c21. The average Bonchev–Trinajstić information content (AvgIpc) is 3.42. The van der Waals surface area contributed by atoms with Gasteiger partial charge in [-0.1, -0.05) is 166 Å². The second kappa shape index (κ2) is 12.1. The van der Waals surface area contributed by atoms with E-state index in [1.54, 1.807) is 0 Å². The molecule has 0 unspecified atom stereocenters. The molecule has 0 aromatic heterocycles. The highest BCUT2D eigenvalue weighted by Crippen LogP contribution is 2.54. The van der Waals surface area contributed by atoms with Crippen molar-refractivity contribution < 1.29 is 0 Å². The molecule has 8 aromatic rings. The predicted molar refractivity (Wildman–Crippen MR) is 213 cm³/mol. The highest BCUT2D eigenvalue weighted by atomic mass is 15.1. The standard InChI is InChI=1S/C49H37N/c1-49(2)46-27-11-10-25-44(46)45-26-14-28-47(48(45)49)50(40-21-12-19-37(32-40)38-30-29-34-15-6-7-18-36(34)31-38)41-22-13-20-39(33-41)43-24-9-8-23-42(43)35-16-4-3-5-17-35/h3-33H,1-2H3. The van der Waals surface area contributed by atoms with Gasteiger partial charge in [0.25, 0.3) is 0 Å². The lowest BCUT2D eigenvalue weighted by molar-refractivity contribution is 0.661. The van der Waals surface area contributed by atoms with E-state index >= 15 is 0 Å². The van der Waals surface area contributed by atoms with Crippen molar-refractivity contribution in [3.8, 4) is 44.5 Å². The number of nitrogens with zero attached hydrogens (tertiary/aromatic N) is 1. The van der Waals surface area contributed by atoms with E-state index in [9.17, 15) is 0 Å². The molecular formula is C49H37N. The van der Waals surface area contributed by atoms with Crippen LogP contribution in [0.2, 0.25) is 0 Å². The summed E-state index contributed by atoms with van der Waals surface area (Å²) in [7, 11) is 0. The van der Waals surface area contributed by atoms with Crippen molar-refractivity contribution in [2.45, 2.75) is 19.3 Å². The van der Waals surface area contributed by atoms with E-state index in [1.807, 2.05) is 0 Å². The lowest BCUT2D eigenvalue weighted by Crippen LogP contribution is -2.20. The third kappa shape index (κ3) is 5.02. The van der Waals surface area contributed by atoms with Crippen LogP contribution in [-0.2, 0) is 5.41 Å². The summed E-state index contributed by atoms with van der Waals surface area (Å²) in [5.74, 6) is 0. The van der Waals surface area contributed by atoms with Crippen molar-refractivity contribution in [2.24, 2.45) is 0 Å². The van der Waals surface area contributed by atoms with Crippen molar-refractivity contribution >= 4 is 27.8 Å². The number of fused-ring (bicyclic) bond motifs is 4. The Morgan fingerprint density at radius 3 is 1.68 bits per heavy atom. The fourth-order valence-electron chi connectivity index (χ4n) is 8.04. The highest BCUT2D eigenvalue weighted by Gasteiger charge is 2.38. The first-order valence-electron chi connectivity index (χ1n) is 17.4. The molecule has 9 rings (SSSR count). The maximum Gasteiger partial charge on any atom is 0.0508 e. The van der Waals surface area contributed by atoms with Crippen LogP contribution >= 0.6 is 0 Å². The van der Waals surface area contributed by atoms with Gasteiger partial charge in [0.2, 0.25) is 0 Å². The third-order valence-electron chi connectivity index (χ3n) is 10.4. The van der Waals surface area contributed by atoms with Gasteiger partial charge in [0.15, 0.2) is 0 Å². The summed E-state index contributed by atoms with van der Waals surface area (Å²) in [6, 6.07) is 68.6. The molecule has 0 amide bonds. The van der Waals surface area contributed by atoms with E-state index in [2.05, 4.69) is 207 Å². The Morgan fingerprint density at radius 2 is 0.900 bits per heavy atom. The molecule has 1 aliphatic carbocycles. The van der Waals surface area contributed by atoms with Crippen molar-refractivity contribution in [3.05, 3.63) is 199 Å². The monoisotopic (exact) mass is 639 g/mol. The van der Waals surface area contributed by atoms with Crippen molar-refractivity contribution in [3.63, 3.8) is 0 Å². The van der Waals surface area contributed by atoms with Gasteiger partial charge in [-0.2, -0.15) is 0 Å². The van der Waals surface area contributed by atoms with Crippen molar-refractivity contribution in [2.75, 3.05) is 4.90 Å². The molecule has 8 aromatic carbocycles. The van der Waals surface area contributed by atoms with Crippen LogP contribution in [0.25, 0.3) is 55.3 Å². The molecule has 1 aliphatic rings. The third-order valence-corrected chi connectivity index (χ3v) is 10.4. The van der Waals surface area contributed by atoms with Crippen LogP contribution in [0.3, 0.4) is 0 Å². The smallest absolute Gasteiger partial charge is 0.0508 e. The predicted octanol–water partition coefficient (Wildman–Crippen LogP) is 13.6. The molecular weight excluding hydrogens is 603 g/mol. The highest BCUT2D eigenvalue weighted by molar-refractivity contribution is 5.93. The molecule has 0 spiro atoms. The van der Waals surface area contributed by atoms with Gasteiger partial charge in [0.1, 0.15) is 0 Å². The van der Waals surface area contributed by atoms with Crippen LogP contribution in [0.1, 0.15) is 25.0 Å². The second-order valence-electron chi connectivity index (χ2n) is 13.8. The zero-order chi connectivity index (χ0) is 33.7. The summed E-state index contributed by atoms with van der Waals surface area (Å²) in [6.45, 7) is 4.74. The second-order valence-corrected chi connectivity index (χ2v) is 13.8. The first kappa shape index (κ1) is 29.9. The molecule has 0 saturated carbocycles. The summed E-state index contributed by atoms with van der Waals surface area (Å²) in [4.78, 5) is 2.48. The molecule has 0 N–H and O–H groups in total. The molecule has 0 aliphatic heterocycles. The van der Waals surface area contributed by atoms with Gasteiger partial charge < -0.3 is 4.90 Å². The Balaban J connectivity index is 1.25. The van der Waals surface area contributed by atoms with E-state index in [0.717, 1.165) is 11.4 Å². The molecule has 1 heteroatoms. The zero-order valence-corrected chi connectivity index (χ0v) is 28.3. The summed E-state index contributed by atoms with van der Waals surface area (Å²) in [5.41, 5.74) is 15.9. The van der Waals surface area contributed by atoms with E-state index in [0.29, 0.717) is 0 Å². The summed E-state index contributed by atoms with van der Waals surface area (Å²) in [5, 5.41) is 2.50. The van der Waals surface area contributed by atoms with Gasteiger partial charge in [-0.15, -0.1) is 0 Å². The minimum atomic E-state index is -0.172.